The SMILES string of the molecule is COc1nccnc1NS(=O)(=O)c1ccc(NS(=O)(=O)c2cccc(C#N)c2)cc1. The molecule has 0 atom stereocenters. The summed E-state index contributed by atoms with van der Waals surface area (Å²) in [7, 11) is -6.64. The summed E-state index contributed by atoms with van der Waals surface area (Å²) in [6.07, 6.45) is 2.66. The van der Waals surface area contributed by atoms with Crippen LogP contribution in [0.4, 0.5) is 11.5 Å². The fourth-order valence-corrected chi connectivity index (χ4v) is 4.49. The molecule has 0 fully saturated rings. The summed E-state index contributed by atoms with van der Waals surface area (Å²) in [5.41, 5.74) is 0.346. The van der Waals surface area contributed by atoms with Gasteiger partial charge in [-0.25, -0.2) is 26.8 Å². The van der Waals surface area contributed by atoms with Gasteiger partial charge in [0.1, 0.15) is 0 Å². The van der Waals surface area contributed by atoms with Crippen LogP contribution in [0.3, 0.4) is 0 Å². The Morgan fingerprint density at radius 2 is 1.57 bits per heavy atom. The summed E-state index contributed by atoms with van der Waals surface area (Å²) >= 11 is 0. The van der Waals surface area contributed by atoms with Crippen molar-refractivity contribution < 1.29 is 21.6 Å². The van der Waals surface area contributed by atoms with E-state index in [0.29, 0.717) is 0 Å². The topological polar surface area (TPSA) is 151 Å². The van der Waals surface area contributed by atoms with Crippen molar-refractivity contribution >= 4 is 31.6 Å². The van der Waals surface area contributed by atoms with Crippen LogP contribution in [0.2, 0.25) is 0 Å². The van der Waals surface area contributed by atoms with E-state index in [9.17, 15) is 16.8 Å². The molecule has 0 saturated carbocycles. The Morgan fingerprint density at radius 1 is 0.900 bits per heavy atom. The van der Waals surface area contributed by atoms with Crippen molar-refractivity contribution in [1.29, 1.82) is 5.26 Å². The van der Waals surface area contributed by atoms with Gasteiger partial charge in [-0.1, -0.05) is 6.07 Å². The third-order valence-electron chi connectivity index (χ3n) is 3.78. The minimum atomic E-state index is -4.01. The molecule has 1 heterocycles. The third kappa shape index (κ3) is 4.65. The first-order valence-electron chi connectivity index (χ1n) is 8.26. The number of hydrogen-bond donors (Lipinski definition) is 2. The number of aromatic nitrogens is 2. The predicted octanol–water partition coefficient (Wildman–Crippen LogP) is 1.96. The number of ether oxygens (including phenoxy) is 1. The summed E-state index contributed by atoms with van der Waals surface area (Å²) < 4.78 is 59.6. The maximum Gasteiger partial charge on any atom is 0.263 e. The summed E-state index contributed by atoms with van der Waals surface area (Å²) in [6, 6.07) is 12.5. The van der Waals surface area contributed by atoms with Crippen LogP contribution in [0.5, 0.6) is 5.88 Å². The standard InChI is InChI=1S/C18H15N5O5S2/c1-28-18-17(20-9-10-21-18)23-29(24,25)15-7-5-14(6-8-15)22-30(26,27)16-4-2-3-13(11-16)12-19/h2-11,22H,1H3,(H,20,23). The van der Waals surface area contributed by atoms with Crippen molar-refractivity contribution in [2.75, 3.05) is 16.6 Å². The maximum absolute atomic E-state index is 12.6. The molecule has 10 nitrogen and oxygen atoms in total. The molecule has 1 aromatic heterocycles. The smallest absolute Gasteiger partial charge is 0.263 e. The van der Waals surface area contributed by atoms with Crippen molar-refractivity contribution in [3.8, 4) is 11.9 Å². The number of nitrogens with one attached hydrogen (secondary N) is 2. The number of nitrogens with zero attached hydrogens (tertiary/aromatic N) is 3. The Hall–Kier alpha value is -3.69. The van der Waals surface area contributed by atoms with Crippen molar-refractivity contribution in [2.24, 2.45) is 0 Å². The highest BCUT2D eigenvalue weighted by atomic mass is 32.2. The fourth-order valence-electron chi connectivity index (χ4n) is 2.38. The number of rotatable bonds is 7. The molecule has 0 amide bonds. The molecule has 154 valence electrons. The molecule has 2 aromatic carbocycles. The third-order valence-corrected chi connectivity index (χ3v) is 6.51. The lowest BCUT2D eigenvalue weighted by Crippen LogP contribution is -2.16. The van der Waals surface area contributed by atoms with Gasteiger partial charge < -0.3 is 4.74 Å². The molecule has 0 bridgehead atoms. The molecule has 2 N–H and O–H groups in total. The van der Waals surface area contributed by atoms with E-state index < -0.39 is 20.0 Å². The van der Waals surface area contributed by atoms with E-state index in [-0.39, 0.29) is 32.7 Å². The molecular weight excluding hydrogens is 430 g/mol. The Labute approximate surface area is 173 Å². The van der Waals surface area contributed by atoms with Gasteiger partial charge in [-0.05, 0) is 42.5 Å². The van der Waals surface area contributed by atoms with E-state index in [1.807, 2.05) is 6.07 Å². The van der Waals surface area contributed by atoms with Crippen molar-refractivity contribution in [2.45, 2.75) is 9.79 Å². The Balaban J connectivity index is 1.81. The quantitative estimate of drug-likeness (QED) is 0.560. The Morgan fingerprint density at radius 3 is 2.23 bits per heavy atom. The first-order valence-corrected chi connectivity index (χ1v) is 11.2. The van der Waals surface area contributed by atoms with E-state index in [2.05, 4.69) is 19.4 Å². The average molecular weight is 445 g/mol. The summed E-state index contributed by atoms with van der Waals surface area (Å²) in [4.78, 5) is 7.53. The van der Waals surface area contributed by atoms with Gasteiger partial charge in [-0.2, -0.15) is 5.26 Å². The normalized spacial score (nSPS) is 11.3. The molecule has 0 spiro atoms. The van der Waals surface area contributed by atoms with Gasteiger partial charge in [-0.15, -0.1) is 0 Å². The molecule has 3 aromatic rings. The Kier molecular flexibility index (Phi) is 5.86. The predicted molar refractivity (Wildman–Crippen MR) is 108 cm³/mol. The van der Waals surface area contributed by atoms with Gasteiger partial charge >= 0.3 is 0 Å². The second-order valence-corrected chi connectivity index (χ2v) is 9.15. The molecule has 0 aliphatic heterocycles. The zero-order chi connectivity index (χ0) is 21.8. The molecule has 30 heavy (non-hydrogen) atoms. The number of hydrogen-bond acceptors (Lipinski definition) is 8. The highest BCUT2D eigenvalue weighted by Crippen LogP contribution is 2.23. The van der Waals surface area contributed by atoms with Gasteiger partial charge in [-0.3, -0.25) is 9.44 Å². The van der Waals surface area contributed by atoms with Gasteiger partial charge in [0, 0.05) is 18.1 Å². The largest absolute Gasteiger partial charge is 0.478 e. The van der Waals surface area contributed by atoms with Crippen LogP contribution in [0, 0.1) is 11.3 Å². The number of nitriles is 1. The lowest BCUT2D eigenvalue weighted by atomic mass is 10.2. The first kappa shape index (κ1) is 21.0. The zero-order valence-corrected chi connectivity index (χ0v) is 17.1. The van der Waals surface area contributed by atoms with Crippen LogP contribution in [0.1, 0.15) is 5.56 Å². The number of benzene rings is 2. The highest BCUT2D eigenvalue weighted by Gasteiger charge is 2.19. The van der Waals surface area contributed by atoms with Crippen LogP contribution in [0.15, 0.2) is 70.7 Å². The minimum absolute atomic E-state index is 0.00468. The molecule has 0 radical (unpaired) electrons. The second-order valence-electron chi connectivity index (χ2n) is 5.79. The molecule has 3 rings (SSSR count). The van der Waals surface area contributed by atoms with Gasteiger partial charge in [0.2, 0.25) is 5.82 Å². The van der Waals surface area contributed by atoms with E-state index in [0.717, 1.165) is 0 Å². The number of methoxy groups -OCH3 is 1. The van der Waals surface area contributed by atoms with E-state index in [1.165, 1.54) is 68.0 Å². The maximum atomic E-state index is 12.6. The lowest BCUT2D eigenvalue weighted by molar-refractivity contribution is 0.398. The molecule has 0 unspecified atom stereocenters. The summed E-state index contributed by atoms with van der Waals surface area (Å²) in [5.74, 6) is -0.0767. The van der Waals surface area contributed by atoms with Gasteiger partial charge in [0.25, 0.3) is 25.9 Å². The van der Waals surface area contributed by atoms with Crippen LogP contribution in [-0.2, 0) is 20.0 Å². The average Bonchev–Trinajstić information content (AvgIpc) is 2.74. The van der Waals surface area contributed by atoms with Crippen molar-refractivity contribution in [1.82, 2.24) is 9.97 Å². The first-order chi connectivity index (χ1) is 14.2. The van der Waals surface area contributed by atoms with Gasteiger partial charge in [0.15, 0.2) is 0 Å². The van der Waals surface area contributed by atoms with E-state index in [1.54, 1.807) is 0 Å². The van der Waals surface area contributed by atoms with E-state index >= 15 is 0 Å². The van der Waals surface area contributed by atoms with Crippen molar-refractivity contribution in [3.63, 3.8) is 0 Å². The minimum Gasteiger partial charge on any atom is -0.478 e. The monoisotopic (exact) mass is 445 g/mol. The second kappa shape index (κ2) is 8.36. The van der Waals surface area contributed by atoms with E-state index in [4.69, 9.17) is 10.00 Å². The summed E-state index contributed by atoms with van der Waals surface area (Å²) in [5, 5.41) is 8.92. The Bertz CT molecular complexity index is 1320. The highest BCUT2D eigenvalue weighted by molar-refractivity contribution is 7.93. The zero-order valence-electron chi connectivity index (χ0n) is 15.5. The molecular formula is C18H15N5O5S2. The molecule has 0 aliphatic carbocycles. The number of anilines is 2. The molecule has 0 aliphatic rings. The van der Waals surface area contributed by atoms with Crippen LogP contribution in [-0.4, -0.2) is 33.9 Å². The van der Waals surface area contributed by atoms with Crippen LogP contribution < -0.4 is 14.2 Å². The lowest BCUT2D eigenvalue weighted by Gasteiger charge is -2.11. The molecule has 0 saturated heterocycles. The number of sulfonamides is 2. The van der Waals surface area contributed by atoms with Gasteiger partial charge in [0.05, 0.1) is 28.5 Å². The summed E-state index contributed by atoms with van der Waals surface area (Å²) in [6.45, 7) is 0. The van der Waals surface area contributed by atoms with Crippen molar-refractivity contribution in [3.05, 3.63) is 66.5 Å². The fraction of sp³-hybridized carbons (Fsp3) is 0.0556. The molecule has 12 heteroatoms. The van der Waals surface area contributed by atoms with Crippen LogP contribution in [0.25, 0.3) is 0 Å². The van der Waals surface area contributed by atoms with Crippen LogP contribution >= 0.6 is 0 Å².